The molecule has 4 heteroatoms. The number of pyridine rings is 1. The lowest BCUT2D eigenvalue weighted by molar-refractivity contribution is -0.137. The fourth-order valence-electron chi connectivity index (χ4n) is 0.736. The minimum absolute atomic E-state index is 0.227. The monoisotopic (exact) mass is 173 g/mol. The first-order valence-corrected chi connectivity index (χ1v) is 3.20. The Kier molecular flexibility index (Phi) is 2.17. The second kappa shape index (κ2) is 2.97. The van der Waals surface area contributed by atoms with E-state index in [9.17, 15) is 13.2 Å². The number of hydrogen-bond donors (Lipinski definition) is 0. The van der Waals surface area contributed by atoms with Crippen LogP contribution < -0.4 is 0 Å². The molecule has 0 atom stereocenters. The molecular formula is C8H6F3N. The van der Waals surface area contributed by atoms with Crippen LogP contribution >= 0.6 is 0 Å². The van der Waals surface area contributed by atoms with Crippen LogP contribution in [0, 0.1) is 0 Å². The van der Waals surface area contributed by atoms with Crippen molar-refractivity contribution in [2.45, 2.75) is 6.18 Å². The molecule has 0 bridgehead atoms. The Labute approximate surface area is 67.6 Å². The Balaban J connectivity index is 3.10. The van der Waals surface area contributed by atoms with Crippen molar-refractivity contribution >= 4 is 6.08 Å². The summed E-state index contributed by atoms with van der Waals surface area (Å²) in [6, 6.07) is 1.88. The SMILES string of the molecule is C=Cc1cc(C(F)(F)F)ccn1. The summed E-state index contributed by atoms with van der Waals surface area (Å²) in [6.07, 6.45) is -1.92. The fraction of sp³-hybridized carbons (Fsp3) is 0.125. The van der Waals surface area contributed by atoms with Crippen LogP contribution in [0.1, 0.15) is 11.3 Å². The summed E-state index contributed by atoms with van der Waals surface area (Å²) < 4.78 is 36.1. The smallest absolute Gasteiger partial charge is 0.257 e. The highest BCUT2D eigenvalue weighted by atomic mass is 19.4. The van der Waals surface area contributed by atoms with E-state index in [-0.39, 0.29) is 5.69 Å². The number of nitrogens with zero attached hydrogens (tertiary/aromatic N) is 1. The van der Waals surface area contributed by atoms with Gasteiger partial charge in [0.2, 0.25) is 0 Å². The predicted octanol–water partition coefficient (Wildman–Crippen LogP) is 2.74. The molecule has 0 amide bonds. The average molecular weight is 173 g/mol. The Hall–Kier alpha value is -1.32. The van der Waals surface area contributed by atoms with Gasteiger partial charge in [-0.15, -0.1) is 0 Å². The van der Waals surface area contributed by atoms with E-state index in [4.69, 9.17) is 0 Å². The van der Waals surface area contributed by atoms with Gasteiger partial charge in [-0.3, -0.25) is 4.98 Å². The van der Waals surface area contributed by atoms with Gasteiger partial charge < -0.3 is 0 Å². The summed E-state index contributed by atoms with van der Waals surface area (Å²) >= 11 is 0. The normalized spacial score (nSPS) is 11.2. The zero-order valence-corrected chi connectivity index (χ0v) is 6.10. The fourth-order valence-corrected chi connectivity index (χ4v) is 0.736. The van der Waals surface area contributed by atoms with Gasteiger partial charge in [-0.25, -0.2) is 0 Å². The first-order chi connectivity index (χ1) is 5.54. The van der Waals surface area contributed by atoms with Crippen LogP contribution in [0.15, 0.2) is 24.9 Å². The molecule has 0 unspecified atom stereocenters. The van der Waals surface area contributed by atoms with E-state index in [0.29, 0.717) is 0 Å². The molecule has 1 nitrogen and oxygen atoms in total. The highest BCUT2D eigenvalue weighted by Gasteiger charge is 2.30. The molecule has 0 N–H and O–H groups in total. The van der Waals surface area contributed by atoms with Crippen molar-refractivity contribution in [3.05, 3.63) is 36.2 Å². The van der Waals surface area contributed by atoms with Crippen molar-refractivity contribution in [3.8, 4) is 0 Å². The van der Waals surface area contributed by atoms with Crippen LogP contribution in [-0.4, -0.2) is 4.98 Å². The van der Waals surface area contributed by atoms with E-state index in [2.05, 4.69) is 11.6 Å². The number of alkyl halides is 3. The molecule has 12 heavy (non-hydrogen) atoms. The quantitative estimate of drug-likeness (QED) is 0.636. The highest BCUT2D eigenvalue weighted by Crippen LogP contribution is 2.28. The van der Waals surface area contributed by atoms with E-state index in [1.165, 1.54) is 6.08 Å². The molecule has 1 rings (SSSR count). The van der Waals surface area contributed by atoms with Crippen LogP contribution in [-0.2, 0) is 6.18 Å². The first-order valence-electron chi connectivity index (χ1n) is 3.20. The lowest BCUT2D eigenvalue weighted by atomic mass is 10.2. The van der Waals surface area contributed by atoms with Crippen LogP contribution in [0.25, 0.3) is 6.08 Å². The third-order valence-corrected chi connectivity index (χ3v) is 1.32. The molecule has 0 spiro atoms. The van der Waals surface area contributed by atoms with Crippen molar-refractivity contribution in [2.75, 3.05) is 0 Å². The van der Waals surface area contributed by atoms with E-state index < -0.39 is 11.7 Å². The van der Waals surface area contributed by atoms with Crippen LogP contribution in [0.4, 0.5) is 13.2 Å². The second-order valence-corrected chi connectivity index (χ2v) is 2.17. The third-order valence-electron chi connectivity index (χ3n) is 1.32. The summed E-state index contributed by atoms with van der Waals surface area (Å²) in [7, 11) is 0. The number of halogens is 3. The Morgan fingerprint density at radius 2 is 2.08 bits per heavy atom. The van der Waals surface area contributed by atoms with Gasteiger partial charge in [0.1, 0.15) is 0 Å². The van der Waals surface area contributed by atoms with Gasteiger partial charge in [-0.05, 0) is 18.2 Å². The molecule has 0 radical (unpaired) electrons. The maximum absolute atomic E-state index is 12.0. The standard InChI is InChI=1S/C8H6F3N/c1-2-7-5-6(3-4-12-7)8(9,10)11/h2-5H,1H2. The molecule has 0 saturated carbocycles. The Morgan fingerprint density at radius 3 is 2.58 bits per heavy atom. The van der Waals surface area contributed by atoms with Crippen molar-refractivity contribution in [3.63, 3.8) is 0 Å². The maximum atomic E-state index is 12.0. The molecule has 1 aromatic rings. The van der Waals surface area contributed by atoms with Gasteiger partial charge in [0, 0.05) is 6.20 Å². The molecule has 0 saturated heterocycles. The van der Waals surface area contributed by atoms with Crippen molar-refractivity contribution < 1.29 is 13.2 Å². The van der Waals surface area contributed by atoms with E-state index in [0.717, 1.165) is 18.3 Å². The molecule has 0 aliphatic heterocycles. The van der Waals surface area contributed by atoms with Gasteiger partial charge in [0.05, 0.1) is 11.3 Å². The van der Waals surface area contributed by atoms with Gasteiger partial charge in [0.25, 0.3) is 0 Å². The van der Waals surface area contributed by atoms with Gasteiger partial charge in [-0.1, -0.05) is 6.58 Å². The molecule has 0 fully saturated rings. The predicted molar refractivity (Wildman–Crippen MR) is 39.3 cm³/mol. The molecular weight excluding hydrogens is 167 g/mol. The minimum atomic E-state index is -4.30. The van der Waals surface area contributed by atoms with E-state index in [1.54, 1.807) is 0 Å². The summed E-state index contributed by atoms with van der Waals surface area (Å²) in [5.74, 6) is 0. The molecule has 0 aliphatic rings. The van der Waals surface area contributed by atoms with Crippen molar-refractivity contribution in [1.29, 1.82) is 0 Å². The summed E-state index contributed by atoms with van der Waals surface area (Å²) in [4.78, 5) is 3.65. The van der Waals surface area contributed by atoms with E-state index >= 15 is 0 Å². The minimum Gasteiger partial charge on any atom is -0.257 e. The van der Waals surface area contributed by atoms with Crippen LogP contribution in [0.2, 0.25) is 0 Å². The molecule has 0 aliphatic carbocycles. The number of rotatable bonds is 1. The average Bonchev–Trinajstić information content (AvgIpc) is 2.03. The zero-order valence-electron chi connectivity index (χ0n) is 6.10. The van der Waals surface area contributed by atoms with Crippen LogP contribution in [0.5, 0.6) is 0 Å². The van der Waals surface area contributed by atoms with Gasteiger partial charge >= 0.3 is 6.18 Å². The van der Waals surface area contributed by atoms with Crippen molar-refractivity contribution in [1.82, 2.24) is 4.98 Å². The second-order valence-electron chi connectivity index (χ2n) is 2.17. The third kappa shape index (κ3) is 1.84. The van der Waals surface area contributed by atoms with Crippen molar-refractivity contribution in [2.24, 2.45) is 0 Å². The van der Waals surface area contributed by atoms with Crippen LogP contribution in [0.3, 0.4) is 0 Å². The largest absolute Gasteiger partial charge is 0.416 e. The lowest BCUT2D eigenvalue weighted by Gasteiger charge is -2.05. The highest BCUT2D eigenvalue weighted by molar-refractivity contribution is 5.42. The zero-order chi connectivity index (χ0) is 9.19. The molecule has 0 aromatic carbocycles. The lowest BCUT2D eigenvalue weighted by Crippen LogP contribution is -2.05. The number of aromatic nitrogens is 1. The number of hydrogen-bond acceptors (Lipinski definition) is 1. The maximum Gasteiger partial charge on any atom is 0.416 e. The summed E-state index contributed by atoms with van der Waals surface area (Å²) in [6.45, 7) is 3.32. The van der Waals surface area contributed by atoms with Gasteiger partial charge in [0.15, 0.2) is 0 Å². The molecule has 64 valence electrons. The van der Waals surface area contributed by atoms with Gasteiger partial charge in [-0.2, -0.15) is 13.2 Å². The molecule has 1 aromatic heterocycles. The Bertz CT molecular complexity index is 291. The summed E-state index contributed by atoms with van der Waals surface area (Å²) in [5, 5.41) is 0. The topological polar surface area (TPSA) is 12.9 Å². The van der Waals surface area contributed by atoms with E-state index in [1.807, 2.05) is 0 Å². The molecule has 1 heterocycles. The first kappa shape index (κ1) is 8.77. The summed E-state index contributed by atoms with van der Waals surface area (Å²) in [5.41, 5.74) is -0.475. The Morgan fingerprint density at radius 1 is 1.42 bits per heavy atom.